The maximum absolute atomic E-state index is 12.8. The molecule has 11 heteroatoms. The summed E-state index contributed by atoms with van der Waals surface area (Å²) in [7, 11) is -7.63. The Balaban J connectivity index is 1.65. The quantitative estimate of drug-likeness (QED) is 0.757. The third kappa shape index (κ3) is 4.42. The van der Waals surface area contributed by atoms with Crippen molar-refractivity contribution in [2.75, 3.05) is 39.3 Å². The van der Waals surface area contributed by atoms with Gasteiger partial charge in [0.1, 0.15) is 0 Å². The molecule has 0 radical (unpaired) electrons. The molecule has 0 saturated carbocycles. The lowest BCUT2D eigenvalue weighted by atomic mass is 10.1. The highest BCUT2D eigenvalue weighted by Crippen LogP contribution is 2.20. The molecule has 0 aromatic heterocycles. The normalized spacial score (nSPS) is 19.9. The Morgan fingerprint density at radius 3 is 1.74 bits per heavy atom. The van der Waals surface area contributed by atoms with Gasteiger partial charge in [-0.1, -0.05) is 0 Å². The standard InChI is InChI=1S/C16H24N4O5S2/c17-26(22,23)14-4-6-15(7-5-14)27(24,25)20-12-10-19(11-13-20)16(21)18-8-2-1-3-9-18/h4-7H,1-3,8-13H2,(H2,17,22,23). The highest BCUT2D eigenvalue weighted by molar-refractivity contribution is 7.89. The van der Waals surface area contributed by atoms with Gasteiger partial charge in [0.05, 0.1) is 9.79 Å². The predicted octanol–water partition coefficient (Wildman–Crippen LogP) is 0.246. The minimum atomic E-state index is -3.87. The second-order valence-electron chi connectivity index (χ2n) is 6.74. The van der Waals surface area contributed by atoms with Crippen molar-refractivity contribution in [2.24, 2.45) is 5.14 Å². The van der Waals surface area contributed by atoms with Gasteiger partial charge in [0.25, 0.3) is 0 Å². The molecule has 2 aliphatic heterocycles. The lowest BCUT2D eigenvalue weighted by Gasteiger charge is -2.38. The van der Waals surface area contributed by atoms with E-state index in [-0.39, 0.29) is 28.9 Å². The van der Waals surface area contributed by atoms with Gasteiger partial charge in [0, 0.05) is 39.3 Å². The minimum Gasteiger partial charge on any atom is -0.325 e. The van der Waals surface area contributed by atoms with Gasteiger partial charge in [-0.15, -0.1) is 0 Å². The number of amides is 2. The summed E-state index contributed by atoms with van der Waals surface area (Å²) in [4.78, 5) is 15.9. The maximum Gasteiger partial charge on any atom is 0.320 e. The van der Waals surface area contributed by atoms with Gasteiger partial charge < -0.3 is 9.80 Å². The summed E-state index contributed by atoms with van der Waals surface area (Å²) >= 11 is 0. The number of carbonyl (C=O) groups is 1. The number of carbonyl (C=O) groups excluding carboxylic acids is 1. The van der Waals surface area contributed by atoms with Crippen molar-refractivity contribution < 1.29 is 21.6 Å². The fourth-order valence-electron chi connectivity index (χ4n) is 3.36. The number of benzene rings is 1. The van der Waals surface area contributed by atoms with Crippen molar-refractivity contribution in [2.45, 2.75) is 29.1 Å². The van der Waals surface area contributed by atoms with Crippen LogP contribution >= 0.6 is 0 Å². The first-order chi connectivity index (χ1) is 12.7. The highest BCUT2D eigenvalue weighted by atomic mass is 32.2. The molecule has 1 aromatic carbocycles. The fraction of sp³-hybridized carbons (Fsp3) is 0.562. The Labute approximate surface area is 159 Å². The summed E-state index contributed by atoms with van der Waals surface area (Å²) in [5, 5.41) is 5.03. The molecule has 2 N–H and O–H groups in total. The van der Waals surface area contributed by atoms with Gasteiger partial charge in [-0.25, -0.2) is 26.8 Å². The predicted molar refractivity (Wildman–Crippen MR) is 99.0 cm³/mol. The molecule has 2 amide bonds. The first kappa shape index (κ1) is 20.1. The van der Waals surface area contributed by atoms with Crippen molar-refractivity contribution in [1.82, 2.24) is 14.1 Å². The number of urea groups is 1. The second-order valence-corrected chi connectivity index (χ2v) is 10.2. The Kier molecular flexibility index (Phi) is 5.75. The molecule has 0 bridgehead atoms. The van der Waals surface area contributed by atoms with Crippen LogP contribution in [0, 0.1) is 0 Å². The lowest BCUT2D eigenvalue weighted by Crippen LogP contribution is -2.54. The highest BCUT2D eigenvalue weighted by Gasteiger charge is 2.32. The Bertz CT molecular complexity index is 885. The van der Waals surface area contributed by atoms with Crippen LogP contribution < -0.4 is 5.14 Å². The maximum atomic E-state index is 12.8. The van der Waals surface area contributed by atoms with E-state index in [2.05, 4.69) is 0 Å². The minimum absolute atomic E-state index is 0.00528. The molecule has 0 unspecified atom stereocenters. The number of primary sulfonamides is 1. The molecule has 0 atom stereocenters. The van der Waals surface area contributed by atoms with Gasteiger partial charge in [-0.05, 0) is 43.5 Å². The Hall–Kier alpha value is -1.69. The molecule has 3 rings (SSSR count). The molecule has 0 spiro atoms. The largest absolute Gasteiger partial charge is 0.325 e. The third-order valence-electron chi connectivity index (χ3n) is 4.93. The number of hydrogen-bond donors (Lipinski definition) is 1. The average molecular weight is 417 g/mol. The molecular formula is C16H24N4O5S2. The number of piperazine rings is 1. The van der Waals surface area contributed by atoms with Gasteiger partial charge in [0.2, 0.25) is 20.0 Å². The van der Waals surface area contributed by atoms with Crippen LogP contribution in [0.3, 0.4) is 0 Å². The van der Waals surface area contributed by atoms with Crippen LogP contribution in [-0.2, 0) is 20.0 Å². The van der Waals surface area contributed by atoms with E-state index in [0.29, 0.717) is 13.1 Å². The van der Waals surface area contributed by atoms with E-state index in [9.17, 15) is 21.6 Å². The summed E-state index contributed by atoms with van der Waals surface area (Å²) in [6.07, 6.45) is 3.16. The number of nitrogens with zero attached hydrogens (tertiary/aromatic N) is 3. The van der Waals surface area contributed by atoms with Crippen LogP contribution in [0.2, 0.25) is 0 Å². The van der Waals surface area contributed by atoms with E-state index in [1.807, 2.05) is 4.90 Å². The number of hydrogen-bond acceptors (Lipinski definition) is 5. The molecule has 2 heterocycles. The molecule has 27 heavy (non-hydrogen) atoms. The average Bonchev–Trinajstić information content (AvgIpc) is 2.67. The van der Waals surface area contributed by atoms with Crippen molar-refractivity contribution in [3.63, 3.8) is 0 Å². The summed E-state index contributed by atoms with van der Waals surface area (Å²) in [6, 6.07) is 4.81. The first-order valence-electron chi connectivity index (χ1n) is 8.86. The van der Waals surface area contributed by atoms with E-state index in [1.165, 1.54) is 28.6 Å². The van der Waals surface area contributed by atoms with Gasteiger partial charge >= 0.3 is 6.03 Å². The first-order valence-corrected chi connectivity index (χ1v) is 11.8. The second kappa shape index (κ2) is 7.74. The molecule has 150 valence electrons. The van der Waals surface area contributed by atoms with E-state index in [1.54, 1.807) is 4.90 Å². The zero-order valence-electron chi connectivity index (χ0n) is 15.0. The third-order valence-corrected chi connectivity index (χ3v) is 7.77. The van der Waals surface area contributed by atoms with Crippen LogP contribution in [0.4, 0.5) is 4.79 Å². The molecule has 1 aromatic rings. The number of sulfonamides is 2. The van der Waals surface area contributed by atoms with Gasteiger partial charge in [0.15, 0.2) is 0 Å². The molecular weight excluding hydrogens is 392 g/mol. The van der Waals surface area contributed by atoms with Gasteiger partial charge in [-0.3, -0.25) is 0 Å². The van der Waals surface area contributed by atoms with E-state index >= 15 is 0 Å². The van der Waals surface area contributed by atoms with E-state index in [0.717, 1.165) is 32.4 Å². The molecule has 9 nitrogen and oxygen atoms in total. The van der Waals surface area contributed by atoms with E-state index < -0.39 is 20.0 Å². The summed E-state index contributed by atoms with van der Waals surface area (Å²) in [5.41, 5.74) is 0. The van der Waals surface area contributed by atoms with Crippen molar-refractivity contribution in [3.8, 4) is 0 Å². The van der Waals surface area contributed by atoms with Crippen molar-refractivity contribution in [3.05, 3.63) is 24.3 Å². The van der Waals surface area contributed by atoms with Crippen LogP contribution in [0.25, 0.3) is 0 Å². The Morgan fingerprint density at radius 2 is 1.22 bits per heavy atom. The summed E-state index contributed by atoms with van der Waals surface area (Å²) in [5.74, 6) is 0. The van der Waals surface area contributed by atoms with Crippen molar-refractivity contribution >= 4 is 26.1 Å². The molecule has 2 saturated heterocycles. The number of nitrogens with two attached hydrogens (primary N) is 1. The Morgan fingerprint density at radius 1 is 0.741 bits per heavy atom. The zero-order chi connectivity index (χ0) is 19.7. The van der Waals surface area contributed by atoms with Crippen LogP contribution in [0.5, 0.6) is 0 Å². The monoisotopic (exact) mass is 416 g/mol. The molecule has 2 fully saturated rings. The number of piperidine rings is 1. The van der Waals surface area contributed by atoms with Crippen LogP contribution in [0.15, 0.2) is 34.1 Å². The molecule has 0 aliphatic carbocycles. The van der Waals surface area contributed by atoms with Crippen molar-refractivity contribution in [1.29, 1.82) is 0 Å². The summed E-state index contributed by atoms with van der Waals surface area (Å²) in [6.45, 7) is 2.60. The van der Waals surface area contributed by atoms with Gasteiger partial charge in [-0.2, -0.15) is 4.31 Å². The fourth-order valence-corrected chi connectivity index (χ4v) is 5.29. The van der Waals surface area contributed by atoms with E-state index in [4.69, 9.17) is 5.14 Å². The van der Waals surface area contributed by atoms with Crippen LogP contribution in [-0.4, -0.2) is 76.2 Å². The number of rotatable bonds is 3. The topological polar surface area (TPSA) is 121 Å². The summed E-state index contributed by atoms with van der Waals surface area (Å²) < 4.78 is 49.4. The smallest absolute Gasteiger partial charge is 0.320 e. The SMILES string of the molecule is NS(=O)(=O)c1ccc(S(=O)(=O)N2CCN(C(=O)N3CCCCC3)CC2)cc1. The zero-order valence-corrected chi connectivity index (χ0v) is 16.6. The number of likely N-dealkylation sites (tertiary alicyclic amines) is 1. The van der Waals surface area contributed by atoms with Crippen LogP contribution in [0.1, 0.15) is 19.3 Å². The lowest BCUT2D eigenvalue weighted by molar-refractivity contribution is 0.126. The molecule has 2 aliphatic rings.